The first-order valence-electron chi connectivity index (χ1n) is 12.7. The second-order valence-corrected chi connectivity index (χ2v) is 9.98. The standard InChI is InChI=1S/C27H39N3O3/c1-19-10-8-11-20-16-24(28-26(19)20)27(32)29-23(17-25(31)33-2)21-12-9-15-30(18-21)22-13-6-4-3-5-7-14-22/h8,10-11,16,21-23,28H,3-7,9,12-15,17-18H2,1-2H3,(H,29,32). The number of nitrogens with zero attached hydrogens (tertiary/aromatic N) is 1. The number of esters is 1. The largest absolute Gasteiger partial charge is 0.469 e. The van der Waals surface area contributed by atoms with Crippen LogP contribution in [0.4, 0.5) is 0 Å². The summed E-state index contributed by atoms with van der Waals surface area (Å²) >= 11 is 0. The minimum absolute atomic E-state index is 0.150. The molecule has 33 heavy (non-hydrogen) atoms. The minimum atomic E-state index is -0.268. The maximum Gasteiger partial charge on any atom is 0.307 e. The van der Waals surface area contributed by atoms with Gasteiger partial charge in [-0.2, -0.15) is 0 Å². The van der Waals surface area contributed by atoms with Gasteiger partial charge in [-0.1, -0.05) is 50.3 Å². The molecule has 1 aliphatic carbocycles. The van der Waals surface area contributed by atoms with Crippen LogP contribution < -0.4 is 5.32 Å². The van der Waals surface area contributed by atoms with Crippen molar-refractivity contribution in [1.82, 2.24) is 15.2 Å². The molecule has 0 bridgehead atoms. The van der Waals surface area contributed by atoms with Crippen molar-refractivity contribution in [3.63, 3.8) is 0 Å². The molecule has 2 aliphatic rings. The van der Waals surface area contributed by atoms with Gasteiger partial charge in [-0.05, 0) is 56.7 Å². The summed E-state index contributed by atoms with van der Waals surface area (Å²) in [4.78, 5) is 31.4. The lowest BCUT2D eigenvalue weighted by Crippen LogP contribution is -2.51. The third kappa shape index (κ3) is 5.97. The molecule has 180 valence electrons. The van der Waals surface area contributed by atoms with Gasteiger partial charge in [0.05, 0.1) is 13.5 Å². The number of H-pyrrole nitrogens is 1. The molecule has 1 saturated carbocycles. The van der Waals surface area contributed by atoms with Crippen LogP contribution in [0.25, 0.3) is 10.9 Å². The second kappa shape index (κ2) is 11.2. The minimum Gasteiger partial charge on any atom is -0.469 e. The van der Waals surface area contributed by atoms with E-state index >= 15 is 0 Å². The highest BCUT2D eigenvalue weighted by atomic mass is 16.5. The van der Waals surface area contributed by atoms with Gasteiger partial charge in [0.15, 0.2) is 0 Å². The van der Waals surface area contributed by atoms with Crippen LogP contribution in [0.15, 0.2) is 24.3 Å². The summed E-state index contributed by atoms with van der Waals surface area (Å²) in [6, 6.07) is 8.35. The van der Waals surface area contributed by atoms with Crippen molar-refractivity contribution in [2.24, 2.45) is 5.92 Å². The lowest BCUT2D eigenvalue weighted by atomic mass is 9.86. The quantitative estimate of drug-likeness (QED) is 0.606. The van der Waals surface area contributed by atoms with E-state index in [9.17, 15) is 9.59 Å². The number of methoxy groups -OCH3 is 1. The smallest absolute Gasteiger partial charge is 0.307 e. The van der Waals surface area contributed by atoms with Crippen LogP contribution in [0.2, 0.25) is 0 Å². The van der Waals surface area contributed by atoms with Gasteiger partial charge in [-0.15, -0.1) is 0 Å². The maximum atomic E-state index is 13.2. The van der Waals surface area contributed by atoms with E-state index in [2.05, 4.69) is 15.2 Å². The Morgan fingerprint density at radius 1 is 1.12 bits per heavy atom. The van der Waals surface area contributed by atoms with E-state index in [4.69, 9.17) is 4.74 Å². The van der Waals surface area contributed by atoms with Crippen LogP contribution in [0.3, 0.4) is 0 Å². The van der Waals surface area contributed by atoms with Crippen LogP contribution >= 0.6 is 0 Å². The molecule has 2 atom stereocenters. The number of benzene rings is 1. The Kier molecular flexibility index (Phi) is 8.07. The number of rotatable bonds is 6. The molecular formula is C27H39N3O3. The molecule has 1 amide bonds. The fourth-order valence-corrected chi connectivity index (χ4v) is 5.77. The zero-order valence-corrected chi connectivity index (χ0v) is 20.2. The summed E-state index contributed by atoms with van der Waals surface area (Å²) in [5.74, 6) is -0.170. The number of piperidine rings is 1. The molecule has 0 radical (unpaired) electrons. The normalized spacial score (nSPS) is 21.8. The maximum absolute atomic E-state index is 13.2. The predicted molar refractivity (Wildman–Crippen MR) is 131 cm³/mol. The number of aryl methyl sites for hydroxylation is 1. The van der Waals surface area contributed by atoms with Gasteiger partial charge in [-0.25, -0.2) is 0 Å². The van der Waals surface area contributed by atoms with Crippen LogP contribution in [-0.4, -0.2) is 54.0 Å². The number of nitrogens with one attached hydrogen (secondary N) is 2. The number of fused-ring (bicyclic) bond motifs is 1. The van der Waals surface area contributed by atoms with Crippen molar-refractivity contribution in [2.75, 3.05) is 20.2 Å². The van der Waals surface area contributed by atoms with Gasteiger partial charge in [-0.3, -0.25) is 9.59 Å². The van der Waals surface area contributed by atoms with Crippen LogP contribution in [0.1, 0.15) is 80.3 Å². The van der Waals surface area contributed by atoms with Gasteiger partial charge in [0, 0.05) is 29.5 Å². The topological polar surface area (TPSA) is 74.4 Å². The Labute approximate surface area is 197 Å². The lowest BCUT2D eigenvalue weighted by Gasteiger charge is -2.41. The second-order valence-electron chi connectivity index (χ2n) is 9.98. The Hall–Kier alpha value is -2.34. The summed E-state index contributed by atoms with van der Waals surface area (Å²) < 4.78 is 4.98. The van der Waals surface area contributed by atoms with Crippen molar-refractivity contribution in [3.05, 3.63) is 35.5 Å². The van der Waals surface area contributed by atoms with E-state index in [0.717, 1.165) is 42.4 Å². The average molecular weight is 454 g/mol. The zero-order valence-electron chi connectivity index (χ0n) is 20.2. The number of para-hydroxylation sites is 1. The summed E-state index contributed by atoms with van der Waals surface area (Å²) in [6.45, 7) is 4.10. The number of amides is 1. The SMILES string of the molecule is COC(=O)CC(NC(=O)c1cc2cccc(C)c2[nH]1)C1CCCN(C2CCCCCCC2)C1. The van der Waals surface area contributed by atoms with E-state index in [1.54, 1.807) is 0 Å². The monoisotopic (exact) mass is 453 g/mol. The molecule has 1 saturated heterocycles. The molecule has 2 fully saturated rings. The summed E-state index contributed by atoms with van der Waals surface area (Å²) in [5, 5.41) is 4.22. The summed E-state index contributed by atoms with van der Waals surface area (Å²) in [7, 11) is 1.42. The molecule has 6 heteroatoms. The number of aromatic amines is 1. The lowest BCUT2D eigenvalue weighted by molar-refractivity contribution is -0.141. The average Bonchev–Trinajstić information content (AvgIpc) is 3.24. The predicted octanol–water partition coefficient (Wildman–Crippen LogP) is 4.96. The molecule has 2 unspecified atom stereocenters. The van der Waals surface area contributed by atoms with Crippen molar-refractivity contribution < 1.29 is 14.3 Å². The number of carbonyl (C=O) groups is 2. The van der Waals surface area contributed by atoms with E-state index in [1.807, 2.05) is 31.2 Å². The number of hydrogen-bond donors (Lipinski definition) is 2. The molecule has 2 N–H and O–H groups in total. The summed E-state index contributed by atoms with van der Waals surface area (Å²) in [5.41, 5.74) is 2.64. The first-order valence-corrected chi connectivity index (χ1v) is 12.7. The number of likely N-dealkylation sites (tertiary alicyclic amines) is 1. The number of aromatic nitrogens is 1. The van der Waals surface area contributed by atoms with Gasteiger partial charge in [0.25, 0.3) is 5.91 Å². The third-order valence-electron chi connectivity index (χ3n) is 7.69. The first-order chi connectivity index (χ1) is 16.0. The van der Waals surface area contributed by atoms with Crippen LogP contribution in [-0.2, 0) is 9.53 Å². The van der Waals surface area contributed by atoms with Crippen LogP contribution in [0.5, 0.6) is 0 Å². The molecule has 0 spiro atoms. The Balaban J connectivity index is 1.47. The molecule has 2 aromatic rings. The van der Waals surface area contributed by atoms with Crippen molar-refractivity contribution in [3.8, 4) is 0 Å². The first kappa shape index (κ1) is 23.8. The molecule has 6 nitrogen and oxygen atoms in total. The Bertz CT molecular complexity index is 945. The van der Waals surface area contributed by atoms with E-state index in [1.165, 1.54) is 52.1 Å². The molecule has 1 aromatic carbocycles. The fourth-order valence-electron chi connectivity index (χ4n) is 5.77. The molecule has 1 aromatic heterocycles. The highest BCUT2D eigenvalue weighted by molar-refractivity contribution is 5.99. The number of carbonyl (C=O) groups excluding carboxylic acids is 2. The van der Waals surface area contributed by atoms with E-state index < -0.39 is 0 Å². The van der Waals surface area contributed by atoms with Crippen LogP contribution in [0, 0.1) is 12.8 Å². The van der Waals surface area contributed by atoms with E-state index in [0.29, 0.717) is 11.7 Å². The van der Waals surface area contributed by atoms with Gasteiger partial charge < -0.3 is 19.9 Å². The Morgan fingerprint density at radius 2 is 1.88 bits per heavy atom. The van der Waals surface area contributed by atoms with Gasteiger partial charge >= 0.3 is 5.97 Å². The van der Waals surface area contributed by atoms with Gasteiger partial charge in [0.2, 0.25) is 0 Å². The highest BCUT2D eigenvalue weighted by Gasteiger charge is 2.33. The number of ether oxygens (including phenoxy) is 1. The fraction of sp³-hybridized carbons (Fsp3) is 0.630. The molecule has 1 aliphatic heterocycles. The molecular weight excluding hydrogens is 414 g/mol. The van der Waals surface area contributed by atoms with Crippen molar-refractivity contribution in [1.29, 1.82) is 0 Å². The van der Waals surface area contributed by atoms with Crippen molar-refractivity contribution in [2.45, 2.75) is 83.2 Å². The summed E-state index contributed by atoms with van der Waals surface area (Å²) in [6.07, 6.45) is 11.6. The van der Waals surface area contributed by atoms with Crippen molar-refractivity contribution >= 4 is 22.8 Å². The van der Waals surface area contributed by atoms with Gasteiger partial charge in [0.1, 0.15) is 5.69 Å². The highest BCUT2D eigenvalue weighted by Crippen LogP contribution is 2.29. The molecule has 2 heterocycles. The zero-order chi connectivity index (χ0) is 23.2. The Morgan fingerprint density at radius 3 is 2.61 bits per heavy atom. The third-order valence-corrected chi connectivity index (χ3v) is 7.69. The number of hydrogen-bond acceptors (Lipinski definition) is 4. The van der Waals surface area contributed by atoms with E-state index in [-0.39, 0.29) is 30.3 Å². The molecule has 4 rings (SSSR count).